The molecule has 2 aromatic rings. The van der Waals surface area contributed by atoms with Gasteiger partial charge in [-0.15, -0.1) is 11.8 Å². The minimum absolute atomic E-state index is 0.130. The number of benzene rings is 2. The summed E-state index contributed by atoms with van der Waals surface area (Å²) in [5.41, 5.74) is 0.879. The van der Waals surface area contributed by atoms with Gasteiger partial charge < -0.3 is 10.1 Å². The van der Waals surface area contributed by atoms with E-state index in [1.54, 1.807) is 17.0 Å². The summed E-state index contributed by atoms with van der Waals surface area (Å²) in [4.78, 5) is 14.8. The van der Waals surface area contributed by atoms with Crippen LogP contribution in [0.3, 0.4) is 0 Å². The molecule has 8 heteroatoms. The molecule has 0 aliphatic carbocycles. The zero-order valence-electron chi connectivity index (χ0n) is 16.5. The maximum Gasteiger partial charge on any atom is 0.407 e. The Morgan fingerprint density at radius 1 is 1.17 bits per heavy atom. The number of alkyl halides is 2. The van der Waals surface area contributed by atoms with Crippen LogP contribution in [0.2, 0.25) is 0 Å². The van der Waals surface area contributed by atoms with Crippen LogP contribution >= 0.6 is 11.8 Å². The number of hydrogen-bond donors (Lipinski definition) is 1. The number of ether oxygens (including phenoxy) is 1. The molecule has 30 heavy (non-hydrogen) atoms. The standard InChI is InChI=1S/C22H25F3N2O2S/c23-18-6-8-20(9-7-18)30-15-19(10-12-27-13-11-22(24,25)16-27)26-21(28)29-14-17-4-2-1-3-5-17/h1-9,19H,10-16H2,(H,26,28)/t19-/m1/s1. The van der Waals surface area contributed by atoms with Crippen LogP contribution in [0.15, 0.2) is 59.5 Å². The van der Waals surface area contributed by atoms with E-state index in [0.717, 1.165) is 10.5 Å². The molecule has 1 atom stereocenters. The van der Waals surface area contributed by atoms with Gasteiger partial charge in [-0.2, -0.15) is 0 Å². The zero-order valence-corrected chi connectivity index (χ0v) is 17.3. The van der Waals surface area contributed by atoms with E-state index in [1.807, 2.05) is 30.3 Å². The molecule has 1 aliphatic heterocycles. The first-order valence-electron chi connectivity index (χ1n) is 9.85. The van der Waals surface area contributed by atoms with Gasteiger partial charge in [0.05, 0.1) is 6.54 Å². The van der Waals surface area contributed by atoms with Crippen molar-refractivity contribution >= 4 is 17.9 Å². The van der Waals surface area contributed by atoms with Crippen LogP contribution in [0, 0.1) is 5.82 Å². The predicted octanol–water partition coefficient (Wildman–Crippen LogP) is 4.94. The third kappa shape index (κ3) is 7.57. The number of alkyl carbamates (subject to hydrolysis) is 1. The Hall–Kier alpha value is -2.19. The van der Waals surface area contributed by atoms with Gasteiger partial charge in [-0.3, -0.25) is 4.90 Å². The smallest absolute Gasteiger partial charge is 0.407 e. The van der Waals surface area contributed by atoms with Crippen molar-refractivity contribution in [1.29, 1.82) is 0 Å². The minimum atomic E-state index is -2.64. The van der Waals surface area contributed by atoms with Crippen molar-refractivity contribution in [3.8, 4) is 0 Å². The number of nitrogens with zero attached hydrogens (tertiary/aromatic N) is 1. The first-order valence-corrected chi connectivity index (χ1v) is 10.8. The Morgan fingerprint density at radius 3 is 2.57 bits per heavy atom. The van der Waals surface area contributed by atoms with Gasteiger partial charge in [-0.25, -0.2) is 18.0 Å². The molecular weight excluding hydrogens is 413 g/mol. The van der Waals surface area contributed by atoms with Gasteiger partial charge in [0, 0.05) is 36.2 Å². The lowest BCUT2D eigenvalue weighted by atomic mass is 10.2. The summed E-state index contributed by atoms with van der Waals surface area (Å²) >= 11 is 1.47. The van der Waals surface area contributed by atoms with Crippen LogP contribution in [0.5, 0.6) is 0 Å². The van der Waals surface area contributed by atoms with Crippen molar-refractivity contribution in [2.24, 2.45) is 0 Å². The summed E-state index contributed by atoms with van der Waals surface area (Å²) in [6, 6.07) is 15.2. The third-order valence-corrected chi connectivity index (χ3v) is 6.02. The van der Waals surface area contributed by atoms with E-state index in [0.29, 0.717) is 25.3 Å². The molecule has 0 saturated carbocycles. The highest BCUT2D eigenvalue weighted by Gasteiger charge is 2.37. The van der Waals surface area contributed by atoms with Crippen molar-refractivity contribution < 1.29 is 22.7 Å². The highest BCUT2D eigenvalue weighted by atomic mass is 32.2. The van der Waals surface area contributed by atoms with E-state index in [9.17, 15) is 18.0 Å². The Morgan fingerprint density at radius 2 is 1.90 bits per heavy atom. The maximum absolute atomic E-state index is 13.4. The number of carbonyl (C=O) groups is 1. The third-order valence-electron chi connectivity index (χ3n) is 4.84. The molecule has 1 fully saturated rings. The van der Waals surface area contributed by atoms with Gasteiger partial charge in [0.1, 0.15) is 12.4 Å². The number of halogens is 3. The molecule has 0 spiro atoms. The maximum atomic E-state index is 13.4. The number of hydrogen-bond acceptors (Lipinski definition) is 4. The van der Waals surface area contributed by atoms with Gasteiger partial charge >= 0.3 is 6.09 Å². The van der Waals surface area contributed by atoms with E-state index in [4.69, 9.17) is 4.74 Å². The molecule has 0 radical (unpaired) electrons. The molecule has 3 rings (SSSR count). The van der Waals surface area contributed by atoms with Crippen LogP contribution in [0.4, 0.5) is 18.0 Å². The Kier molecular flexibility index (Phi) is 8.04. The molecule has 1 saturated heterocycles. The van der Waals surface area contributed by atoms with E-state index in [-0.39, 0.29) is 31.4 Å². The highest BCUT2D eigenvalue weighted by molar-refractivity contribution is 7.99. The van der Waals surface area contributed by atoms with E-state index in [1.165, 1.54) is 23.9 Å². The van der Waals surface area contributed by atoms with Crippen molar-refractivity contribution in [2.45, 2.75) is 36.3 Å². The summed E-state index contributed by atoms with van der Waals surface area (Å²) in [6.45, 7) is 0.721. The predicted molar refractivity (Wildman–Crippen MR) is 111 cm³/mol. The number of carbonyl (C=O) groups excluding carboxylic acids is 1. The van der Waals surface area contributed by atoms with Crippen molar-refractivity contribution in [3.63, 3.8) is 0 Å². The molecule has 4 nitrogen and oxygen atoms in total. The van der Waals surface area contributed by atoms with Gasteiger partial charge in [0.15, 0.2) is 0 Å². The molecule has 1 amide bonds. The normalized spacial score (nSPS) is 16.9. The van der Waals surface area contributed by atoms with Crippen LogP contribution in [0.25, 0.3) is 0 Å². The summed E-state index contributed by atoms with van der Waals surface area (Å²) in [5, 5.41) is 2.84. The first-order chi connectivity index (χ1) is 14.4. The lowest BCUT2D eigenvalue weighted by Crippen LogP contribution is -2.40. The quantitative estimate of drug-likeness (QED) is 0.563. The van der Waals surface area contributed by atoms with Crippen LogP contribution in [0.1, 0.15) is 18.4 Å². The number of nitrogens with one attached hydrogen (secondary N) is 1. The topological polar surface area (TPSA) is 41.6 Å². The molecule has 2 aromatic carbocycles. The van der Waals surface area contributed by atoms with Gasteiger partial charge in [-0.1, -0.05) is 30.3 Å². The molecule has 162 valence electrons. The molecule has 1 heterocycles. The molecular formula is C22H25F3N2O2S. The Bertz CT molecular complexity index is 806. The lowest BCUT2D eigenvalue weighted by molar-refractivity contribution is 0.0119. The van der Waals surface area contributed by atoms with E-state index < -0.39 is 12.0 Å². The summed E-state index contributed by atoms with van der Waals surface area (Å²) in [6.07, 6.45) is -0.158. The summed E-state index contributed by atoms with van der Waals surface area (Å²) in [7, 11) is 0. The summed E-state index contributed by atoms with van der Waals surface area (Å²) < 4.78 is 45.2. The lowest BCUT2D eigenvalue weighted by Gasteiger charge is -2.22. The average molecular weight is 439 g/mol. The van der Waals surface area contributed by atoms with Crippen molar-refractivity contribution in [1.82, 2.24) is 10.2 Å². The molecule has 0 aromatic heterocycles. The second kappa shape index (κ2) is 10.7. The number of thioether (sulfide) groups is 1. The van der Waals surface area contributed by atoms with Crippen LogP contribution in [-0.2, 0) is 11.3 Å². The van der Waals surface area contributed by atoms with Crippen LogP contribution < -0.4 is 5.32 Å². The molecule has 1 aliphatic rings. The fourth-order valence-corrected chi connectivity index (χ4v) is 4.16. The second-order valence-corrected chi connectivity index (χ2v) is 8.43. The second-order valence-electron chi connectivity index (χ2n) is 7.34. The fraction of sp³-hybridized carbons (Fsp3) is 0.409. The van der Waals surface area contributed by atoms with E-state index in [2.05, 4.69) is 5.32 Å². The number of amides is 1. The first kappa shape index (κ1) is 22.5. The Labute approximate surface area is 178 Å². The average Bonchev–Trinajstić information content (AvgIpc) is 3.09. The van der Waals surface area contributed by atoms with Gasteiger partial charge in [0.2, 0.25) is 0 Å². The minimum Gasteiger partial charge on any atom is -0.445 e. The molecule has 1 N–H and O–H groups in total. The molecule has 0 bridgehead atoms. The van der Waals surface area contributed by atoms with E-state index >= 15 is 0 Å². The Balaban J connectivity index is 1.52. The van der Waals surface area contributed by atoms with Gasteiger partial charge in [-0.05, 0) is 36.2 Å². The largest absolute Gasteiger partial charge is 0.445 e. The number of likely N-dealkylation sites (tertiary alicyclic amines) is 1. The highest BCUT2D eigenvalue weighted by Crippen LogP contribution is 2.27. The SMILES string of the molecule is O=C(N[C@H](CCN1CCC(F)(F)C1)CSc1ccc(F)cc1)OCc1ccccc1. The van der Waals surface area contributed by atoms with Crippen molar-refractivity contribution in [2.75, 3.05) is 25.4 Å². The van der Waals surface area contributed by atoms with Crippen LogP contribution in [-0.4, -0.2) is 48.3 Å². The van der Waals surface area contributed by atoms with Crippen molar-refractivity contribution in [3.05, 3.63) is 66.0 Å². The zero-order chi connectivity index (χ0) is 21.4. The fourth-order valence-electron chi connectivity index (χ4n) is 3.19. The van der Waals surface area contributed by atoms with Gasteiger partial charge in [0.25, 0.3) is 5.92 Å². The number of rotatable bonds is 9. The summed E-state index contributed by atoms with van der Waals surface area (Å²) in [5.74, 6) is -2.43. The molecule has 0 unspecified atom stereocenters. The monoisotopic (exact) mass is 438 g/mol.